The zero-order valence-electron chi connectivity index (χ0n) is 15.6. The number of benzene rings is 1. The molecule has 0 spiro atoms. The van der Waals surface area contributed by atoms with Gasteiger partial charge >= 0.3 is 0 Å². The van der Waals surface area contributed by atoms with Gasteiger partial charge in [-0.15, -0.1) is 0 Å². The number of nitrogens with zero attached hydrogens (tertiary/aromatic N) is 3. The number of hydrogen-bond acceptors (Lipinski definition) is 3. The van der Waals surface area contributed by atoms with E-state index in [4.69, 9.17) is 0 Å². The van der Waals surface area contributed by atoms with Crippen LogP contribution in [0, 0.1) is 6.92 Å². The summed E-state index contributed by atoms with van der Waals surface area (Å²) in [6, 6.07) is 11.4. The summed E-state index contributed by atoms with van der Waals surface area (Å²) in [4.78, 5) is 33.2. The number of carbonyl (C=O) groups is 2. The first-order valence-electron chi connectivity index (χ1n) is 9.07. The molecule has 0 unspecified atom stereocenters. The molecule has 1 aromatic carbocycles. The maximum Gasteiger partial charge on any atom is 0.272 e. The molecule has 5 heteroatoms. The van der Waals surface area contributed by atoms with Crippen LogP contribution in [-0.2, 0) is 0 Å². The molecule has 5 nitrogen and oxygen atoms in total. The van der Waals surface area contributed by atoms with Gasteiger partial charge in [-0.25, -0.2) is 0 Å². The lowest BCUT2D eigenvalue weighted by molar-refractivity contribution is 0.0532. The molecule has 136 valence electrons. The molecule has 1 aliphatic heterocycles. The molecule has 0 aliphatic carbocycles. The molecule has 26 heavy (non-hydrogen) atoms. The van der Waals surface area contributed by atoms with Gasteiger partial charge in [-0.2, -0.15) is 0 Å². The van der Waals surface area contributed by atoms with Crippen molar-refractivity contribution in [2.75, 3.05) is 26.2 Å². The van der Waals surface area contributed by atoms with E-state index in [9.17, 15) is 9.59 Å². The molecule has 2 aromatic rings. The molecule has 1 aromatic heterocycles. The molecule has 0 atom stereocenters. The Kier molecular flexibility index (Phi) is 5.35. The fraction of sp³-hybridized carbons (Fsp3) is 0.381. The van der Waals surface area contributed by atoms with Gasteiger partial charge in [0.25, 0.3) is 11.8 Å². The largest absolute Gasteiger partial charge is 0.335 e. The van der Waals surface area contributed by atoms with Gasteiger partial charge in [-0.05, 0) is 42.2 Å². The van der Waals surface area contributed by atoms with Crippen molar-refractivity contribution < 1.29 is 9.59 Å². The average molecular weight is 351 g/mol. The lowest BCUT2D eigenvalue weighted by Gasteiger charge is -2.35. The van der Waals surface area contributed by atoms with Gasteiger partial charge in [0.1, 0.15) is 5.69 Å². The summed E-state index contributed by atoms with van der Waals surface area (Å²) in [5.41, 5.74) is 3.38. The van der Waals surface area contributed by atoms with Crippen molar-refractivity contribution in [3.63, 3.8) is 0 Å². The Morgan fingerprint density at radius 3 is 2.19 bits per heavy atom. The normalized spacial score (nSPS) is 14.6. The lowest BCUT2D eigenvalue weighted by Crippen LogP contribution is -2.50. The minimum Gasteiger partial charge on any atom is -0.335 e. The molecule has 2 amide bonds. The second-order valence-electron chi connectivity index (χ2n) is 7.03. The second-order valence-corrected chi connectivity index (χ2v) is 7.03. The number of hydrogen-bond donors (Lipinski definition) is 0. The molecule has 1 fully saturated rings. The molecular formula is C21H25N3O2. The highest BCUT2D eigenvalue weighted by molar-refractivity contribution is 5.96. The van der Waals surface area contributed by atoms with E-state index < -0.39 is 0 Å². The van der Waals surface area contributed by atoms with Crippen molar-refractivity contribution in [2.45, 2.75) is 26.7 Å². The van der Waals surface area contributed by atoms with Gasteiger partial charge in [0.05, 0.1) is 0 Å². The number of piperazine rings is 1. The van der Waals surface area contributed by atoms with Crippen LogP contribution in [0.4, 0.5) is 0 Å². The Morgan fingerprint density at radius 1 is 0.962 bits per heavy atom. The first kappa shape index (κ1) is 18.1. The SMILES string of the molecule is Cc1ccc(C(C)C)cc1C(=O)N1CCN(C(=O)c2ccccn2)CC1. The Morgan fingerprint density at radius 2 is 1.62 bits per heavy atom. The van der Waals surface area contributed by atoms with E-state index in [0.29, 0.717) is 37.8 Å². The molecule has 0 bridgehead atoms. The van der Waals surface area contributed by atoms with Crippen molar-refractivity contribution in [1.82, 2.24) is 14.8 Å². The highest BCUT2D eigenvalue weighted by atomic mass is 16.2. The number of rotatable bonds is 3. The van der Waals surface area contributed by atoms with E-state index in [-0.39, 0.29) is 11.8 Å². The summed E-state index contributed by atoms with van der Waals surface area (Å²) in [5.74, 6) is 0.362. The number of carbonyl (C=O) groups excluding carboxylic acids is 2. The summed E-state index contributed by atoms with van der Waals surface area (Å²) in [6.07, 6.45) is 1.62. The summed E-state index contributed by atoms with van der Waals surface area (Å²) in [6.45, 7) is 8.37. The van der Waals surface area contributed by atoms with E-state index in [1.54, 1.807) is 23.2 Å². The number of amides is 2. The van der Waals surface area contributed by atoms with Crippen LogP contribution < -0.4 is 0 Å². The Labute approximate surface area is 154 Å². The first-order valence-corrected chi connectivity index (χ1v) is 9.07. The standard InChI is InChI=1S/C21H25N3O2/c1-15(2)17-8-7-16(3)18(14-17)20(25)23-10-12-24(13-11-23)21(26)19-6-4-5-9-22-19/h4-9,14-15H,10-13H2,1-3H3. The van der Waals surface area contributed by atoms with Crippen molar-refractivity contribution in [2.24, 2.45) is 0 Å². The fourth-order valence-electron chi connectivity index (χ4n) is 3.16. The van der Waals surface area contributed by atoms with Crippen LogP contribution in [0.3, 0.4) is 0 Å². The zero-order chi connectivity index (χ0) is 18.7. The summed E-state index contributed by atoms with van der Waals surface area (Å²) in [5, 5.41) is 0. The van der Waals surface area contributed by atoms with Crippen LogP contribution >= 0.6 is 0 Å². The van der Waals surface area contributed by atoms with Crippen molar-refractivity contribution in [1.29, 1.82) is 0 Å². The lowest BCUT2D eigenvalue weighted by atomic mass is 9.97. The van der Waals surface area contributed by atoms with E-state index in [1.807, 2.05) is 30.0 Å². The predicted octanol–water partition coefficient (Wildman–Crippen LogP) is 3.11. The van der Waals surface area contributed by atoms with E-state index in [1.165, 1.54) is 5.56 Å². The molecule has 0 saturated carbocycles. The molecule has 2 heterocycles. The van der Waals surface area contributed by atoms with Crippen LogP contribution in [0.25, 0.3) is 0 Å². The minimum absolute atomic E-state index is 0.0509. The monoisotopic (exact) mass is 351 g/mol. The highest BCUT2D eigenvalue weighted by Gasteiger charge is 2.26. The van der Waals surface area contributed by atoms with Crippen molar-refractivity contribution in [3.05, 3.63) is 65.0 Å². The van der Waals surface area contributed by atoms with Gasteiger partial charge in [-0.3, -0.25) is 14.6 Å². The molecule has 0 N–H and O–H groups in total. The fourth-order valence-corrected chi connectivity index (χ4v) is 3.16. The minimum atomic E-state index is -0.0734. The third kappa shape index (κ3) is 3.77. The van der Waals surface area contributed by atoms with Crippen molar-refractivity contribution in [3.8, 4) is 0 Å². The van der Waals surface area contributed by atoms with Crippen LogP contribution in [0.5, 0.6) is 0 Å². The number of aromatic nitrogens is 1. The van der Waals surface area contributed by atoms with E-state index in [0.717, 1.165) is 11.1 Å². The Balaban J connectivity index is 1.67. The van der Waals surface area contributed by atoms with E-state index >= 15 is 0 Å². The second kappa shape index (κ2) is 7.68. The summed E-state index contributed by atoms with van der Waals surface area (Å²) < 4.78 is 0. The molecule has 1 aliphatic rings. The number of pyridine rings is 1. The van der Waals surface area contributed by atoms with Crippen LogP contribution in [0.15, 0.2) is 42.6 Å². The quantitative estimate of drug-likeness (QED) is 0.854. The molecule has 3 rings (SSSR count). The highest BCUT2D eigenvalue weighted by Crippen LogP contribution is 2.20. The summed E-state index contributed by atoms with van der Waals surface area (Å²) in [7, 11) is 0. The maximum absolute atomic E-state index is 13.0. The van der Waals surface area contributed by atoms with Gasteiger partial charge in [-0.1, -0.05) is 32.0 Å². The number of aryl methyl sites for hydroxylation is 1. The third-order valence-electron chi connectivity index (χ3n) is 4.90. The smallest absolute Gasteiger partial charge is 0.272 e. The van der Waals surface area contributed by atoms with Gasteiger partial charge in [0, 0.05) is 37.9 Å². The zero-order valence-corrected chi connectivity index (χ0v) is 15.6. The maximum atomic E-state index is 13.0. The first-order chi connectivity index (χ1) is 12.5. The Hall–Kier alpha value is -2.69. The Bertz CT molecular complexity index is 794. The average Bonchev–Trinajstić information content (AvgIpc) is 2.68. The predicted molar refractivity (Wildman–Crippen MR) is 101 cm³/mol. The van der Waals surface area contributed by atoms with E-state index in [2.05, 4.69) is 24.9 Å². The van der Waals surface area contributed by atoms with Crippen LogP contribution in [0.2, 0.25) is 0 Å². The molecule has 1 saturated heterocycles. The van der Waals surface area contributed by atoms with Crippen molar-refractivity contribution >= 4 is 11.8 Å². The van der Waals surface area contributed by atoms with Gasteiger partial charge < -0.3 is 9.80 Å². The third-order valence-corrected chi connectivity index (χ3v) is 4.90. The van der Waals surface area contributed by atoms with Crippen LogP contribution in [0.1, 0.15) is 51.7 Å². The van der Waals surface area contributed by atoms with Gasteiger partial charge in [0.15, 0.2) is 0 Å². The molecule has 0 radical (unpaired) electrons. The summed E-state index contributed by atoms with van der Waals surface area (Å²) >= 11 is 0. The topological polar surface area (TPSA) is 53.5 Å². The molecular weight excluding hydrogens is 326 g/mol. The van der Waals surface area contributed by atoms with Gasteiger partial charge in [0.2, 0.25) is 0 Å². The van der Waals surface area contributed by atoms with Crippen LogP contribution in [-0.4, -0.2) is 52.8 Å².